The number of nitrogens with two attached hydrogens (primary N) is 2. The highest BCUT2D eigenvalue weighted by Crippen LogP contribution is 2.28. The Morgan fingerprint density at radius 2 is 1.63 bits per heavy atom. The average Bonchev–Trinajstić information content (AvgIpc) is 2.39. The predicted octanol–water partition coefficient (Wildman–Crippen LogP) is 3.18. The van der Waals surface area contributed by atoms with Gasteiger partial charge in [-0.1, -0.05) is 18.2 Å². The van der Waals surface area contributed by atoms with E-state index in [9.17, 15) is 0 Å². The predicted molar refractivity (Wildman–Crippen MR) is 83.1 cm³/mol. The molecule has 102 valence electrons. The summed E-state index contributed by atoms with van der Waals surface area (Å²) < 4.78 is 5.36. The molecule has 0 fully saturated rings. The maximum atomic E-state index is 6.03. The van der Waals surface area contributed by atoms with Crippen molar-refractivity contribution in [1.82, 2.24) is 0 Å². The Kier molecular flexibility index (Phi) is 5.07. The molecule has 2 aromatic carbocycles. The zero-order valence-corrected chi connectivity index (χ0v) is 12.0. The van der Waals surface area contributed by atoms with Crippen molar-refractivity contribution in [2.75, 3.05) is 18.6 Å². The Morgan fingerprint density at radius 1 is 1.00 bits per heavy atom. The Bertz CT molecular complexity index is 570. The molecule has 0 atom stereocenters. The number of methoxy groups -OCH3 is 1. The molecule has 4 heteroatoms. The van der Waals surface area contributed by atoms with Gasteiger partial charge in [0.2, 0.25) is 0 Å². The number of hydrogen-bond donors (Lipinski definition) is 2. The second-order valence-electron chi connectivity index (χ2n) is 4.34. The number of para-hydroxylation sites is 1. The van der Waals surface area contributed by atoms with Crippen LogP contribution in [0.1, 0.15) is 16.7 Å². The zero-order valence-electron chi connectivity index (χ0n) is 11.1. The summed E-state index contributed by atoms with van der Waals surface area (Å²) in [4.78, 5) is 0. The van der Waals surface area contributed by atoms with Gasteiger partial charge >= 0.3 is 0 Å². The fraction of sp³-hybridized carbons (Fsp3) is 0.200. The molecule has 0 amide bonds. The number of anilines is 2. The topological polar surface area (TPSA) is 61.3 Å². The van der Waals surface area contributed by atoms with Gasteiger partial charge in [-0.3, -0.25) is 0 Å². The lowest BCUT2D eigenvalue weighted by molar-refractivity contribution is 0.410. The largest absolute Gasteiger partial charge is 0.496 e. The van der Waals surface area contributed by atoms with Crippen molar-refractivity contribution in [3.8, 4) is 5.75 Å². The van der Waals surface area contributed by atoms with Gasteiger partial charge in [-0.05, 0) is 41.8 Å². The van der Waals surface area contributed by atoms with Crippen molar-refractivity contribution in [3.63, 3.8) is 0 Å². The van der Waals surface area contributed by atoms with Crippen LogP contribution in [-0.2, 0) is 6.42 Å². The number of benzene rings is 2. The maximum Gasteiger partial charge on any atom is 0.122 e. The van der Waals surface area contributed by atoms with E-state index in [1.54, 1.807) is 7.11 Å². The molecule has 2 rings (SSSR count). The first-order valence-corrected chi connectivity index (χ1v) is 5.88. The summed E-state index contributed by atoms with van der Waals surface area (Å²) in [5.41, 5.74) is 16.7. The van der Waals surface area contributed by atoms with Crippen LogP contribution in [-0.4, -0.2) is 7.11 Å². The van der Waals surface area contributed by atoms with E-state index in [1.807, 2.05) is 43.3 Å². The van der Waals surface area contributed by atoms with Crippen molar-refractivity contribution < 1.29 is 4.74 Å². The van der Waals surface area contributed by atoms with Crippen LogP contribution >= 0.6 is 12.4 Å². The Labute approximate surface area is 120 Å². The van der Waals surface area contributed by atoms with Crippen LogP contribution in [0.5, 0.6) is 5.75 Å². The molecule has 0 saturated carbocycles. The van der Waals surface area contributed by atoms with E-state index in [1.165, 1.54) is 0 Å². The third-order valence-corrected chi connectivity index (χ3v) is 3.24. The molecule has 4 N–H and O–H groups in total. The molecule has 3 nitrogen and oxygen atoms in total. The minimum Gasteiger partial charge on any atom is -0.496 e. The minimum atomic E-state index is 0. The summed E-state index contributed by atoms with van der Waals surface area (Å²) in [6.45, 7) is 2.00. The molecule has 0 spiro atoms. The maximum absolute atomic E-state index is 6.03. The van der Waals surface area contributed by atoms with Crippen molar-refractivity contribution in [1.29, 1.82) is 0 Å². The normalized spacial score (nSPS) is 9.79. The summed E-state index contributed by atoms with van der Waals surface area (Å²) in [6.07, 6.45) is 0.729. The number of rotatable bonds is 3. The highest BCUT2D eigenvalue weighted by atomic mass is 35.5. The molecule has 2 aromatic rings. The van der Waals surface area contributed by atoms with Crippen LogP contribution < -0.4 is 16.2 Å². The van der Waals surface area contributed by atoms with E-state index < -0.39 is 0 Å². The average molecular weight is 279 g/mol. The summed E-state index contributed by atoms with van der Waals surface area (Å²) in [5, 5.41) is 0. The highest BCUT2D eigenvalue weighted by Gasteiger charge is 2.10. The Hall–Kier alpha value is -1.87. The molecule has 0 aliphatic carbocycles. The van der Waals surface area contributed by atoms with E-state index in [2.05, 4.69) is 0 Å². The molecule has 0 aliphatic rings. The summed E-state index contributed by atoms with van der Waals surface area (Å²) in [7, 11) is 1.68. The van der Waals surface area contributed by atoms with Crippen molar-refractivity contribution in [3.05, 3.63) is 53.1 Å². The molecule has 0 aromatic heterocycles. The van der Waals surface area contributed by atoms with Gasteiger partial charge in [-0.25, -0.2) is 0 Å². The molecular formula is C15H19ClN2O. The third-order valence-electron chi connectivity index (χ3n) is 3.24. The summed E-state index contributed by atoms with van der Waals surface area (Å²) >= 11 is 0. The van der Waals surface area contributed by atoms with Gasteiger partial charge in [-0.2, -0.15) is 0 Å². The first-order chi connectivity index (χ1) is 8.63. The second kappa shape index (κ2) is 6.34. The molecule has 0 heterocycles. The summed E-state index contributed by atoms with van der Waals surface area (Å²) in [6, 6.07) is 11.6. The van der Waals surface area contributed by atoms with Crippen LogP contribution in [0.25, 0.3) is 0 Å². The lowest BCUT2D eigenvalue weighted by Crippen LogP contribution is -2.03. The van der Waals surface area contributed by atoms with E-state index >= 15 is 0 Å². The van der Waals surface area contributed by atoms with Gasteiger partial charge in [0.15, 0.2) is 0 Å². The monoisotopic (exact) mass is 278 g/mol. The summed E-state index contributed by atoms with van der Waals surface area (Å²) in [5.74, 6) is 0.874. The molecular weight excluding hydrogens is 260 g/mol. The number of halogens is 1. The smallest absolute Gasteiger partial charge is 0.122 e. The Balaban J connectivity index is 0.00000180. The number of hydrogen-bond acceptors (Lipinski definition) is 3. The van der Waals surface area contributed by atoms with Gasteiger partial charge < -0.3 is 16.2 Å². The number of ether oxygens (including phenoxy) is 1. The van der Waals surface area contributed by atoms with Crippen molar-refractivity contribution >= 4 is 23.8 Å². The van der Waals surface area contributed by atoms with Gasteiger partial charge in [0, 0.05) is 17.8 Å². The third kappa shape index (κ3) is 3.12. The first-order valence-electron chi connectivity index (χ1n) is 5.88. The minimum absolute atomic E-state index is 0. The standard InChI is InChI=1S/C15H18N2O.ClH/c1-10-12(14(17)8-7-13(10)16)9-11-5-3-4-6-15(11)18-2;/h3-8H,9,16-17H2,1-2H3;1H. The van der Waals surface area contributed by atoms with Crippen LogP contribution in [0.4, 0.5) is 11.4 Å². The van der Waals surface area contributed by atoms with Crippen LogP contribution in [0.3, 0.4) is 0 Å². The van der Waals surface area contributed by atoms with Gasteiger partial charge in [0.1, 0.15) is 5.75 Å². The first kappa shape index (κ1) is 15.2. The quantitative estimate of drug-likeness (QED) is 0.848. The molecule has 0 aliphatic heterocycles. The van der Waals surface area contributed by atoms with E-state index in [0.717, 1.165) is 40.2 Å². The second-order valence-corrected chi connectivity index (χ2v) is 4.34. The lowest BCUT2D eigenvalue weighted by Gasteiger charge is -2.14. The fourth-order valence-corrected chi connectivity index (χ4v) is 2.07. The molecule has 19 heavy (non-hydrogen) atoms. The van der Waals surface area contributed by atoms with Crippen LogP contribution in [0.15, 0.2) is 36.4 Å². The van der Waals surface area contributed by atoms with Crippen molar-refractivity contribution in [2.24, 2.45) is 0 Å². The van der Waals surface area contributed by atoms with Crippen LogP contribution in [0.2, 0.25) is 0 Å². The van der Waals surface area contributed by atoms with Gasteiger partial charge in [-0.15, -0.1) is 12.4 Å². The van der Waals surface area contributed by atoms with Crippen molar-refractivity contribution in [2.45, 2.75) is 13.3 Å². The van der Waals surface area contributed by atoms with Gasteiger partial charge in [0.05, 0.1) is 7.11 Å². The van der Waals surface area contributed by atoms with E-state index in [4.69, 9.17) is 16.2 Å². The molecule has 0 bridgehead atoms. The lowest BCUT2D eigenvalue weighted by atomic mass is 9.97. The fourth-order valence-electron chi connectivity index (χ4n) is 2.07. The zero-order chi connectivity index (χ0) is 13.1. The molecule has 0 unspecified atom stereocenters. The Morgan fingerprint density at radius 3 is 2.32 bits per heavy atom. The molecule has 0 saturated heterocycles. The SMILES string of the molecule is COc1ccccc1Cc1c(N)ccc(N)c1C.Cl. The van der Waals surface area contributed by atoms with Crippen LogP contribution in [0, 0.1) is 6.92 Å². The molecule has 0 radical (unpaired) electrons. The number of nitrogen functional groups attached to an aromatic ring is 2. The van der Waals surface area contributed by atoms with E-state index in [-0.39, 0.29) is 12.4 Å². The van der Waals surface area contributed by atoms with Gasteiger partial charge in [0.25, 0.3) is 0 Å². The van der Waals surface area contributed by atoms with E-state index in [0.29, 0.717) is 0 Å². The highest BCUT2D eigenvalue weighted by molar-refractivity contribution is 5.85.